The van der Waals surface area contributed by atoms with Crippen LogP contribution in [0, 0.1) is 17.8 Å². The van der Waals surface area contributed by atoms with E-state index < -0.39 is 51.5 Å². The molecule has 0 saturated carbocycles. The zero-order chi connectivity index (χ0) is 32.3. The van der Waals surface area contributed by atoms with Crippen LogP contribution in [0.25, 0.3) is 10.8 Å². The number of hydroxylamine groups is 1. The Bertz CT molecular complexity index is 1530. The van der Waals surface area contributed by atoms with Gasteiger partial charge in [0, 0.05) is 13.5 Å². The van der Waals surface area contributed by atoms with Crippen LogP contribution in [0.15, 0.2) is 66.7 Å². The third-order valence-corrected chi connectivity index (χ3v) is 8.13. The molecule has 0 heterocycles. The number of likely N-dealkylation sites (N-methyl/N-ethyl adjacent to an activating group) is 1. The molecule has 0 aromatic heterocycles. The molecule has 0 radical (unpaired) electrons. The summed E-state index contributed by atoms with van der Waals surface area (Å²) >= 11 is 0. The first-order chi connectivity index (χ1) is 20.9. The summed E-state index contributed by atoms with van der Waals surface area (Å²) in [5.41, 5.74) is 3.30. The van der Waals surface area contributed by atoms with Crippen molar-refractivity contribution in [2.45, 2.75) is 45.6 Å². The van der Waals surface area contributed by atoms with Crippen LogP contribution in [-0.2, 0) is 37.3 Å². The number of nitrogens with one attached hydrogen (secondary N) is 3. The van der Waals surface area contributed by atoms with Crippen molar-refractivity contribution in [2.75, 3.05) is 19.4 Å². The quantitative estimate of drug-likeness (QED) is 0.0697. The Morgan fingerprint density at radius 2 is 1.50 bits per heavy atom. The highest BCUT2D eigenvalue weighted by Gasteiger charge is 2.36. The maximum atomic E-state index is 13.8. The van der Waals surface area contributed by atoms with E-state index in [1.807, 2.05) is 56.3 Å². The van der Waals surface area contributed by atoms with Gasteiger partial charge in [0.05, 0.1) is 24.2 Å². The van der Waals surface area contributed by atoms with Crippen molar-refractivity contribution in [2.24, 2.45) is 17.8 Å². The fourth-order valence-electron chi connectivity index (χ4n) is 5.13. The first-order valence-electron chi connectivity index (χ1n) is 14.5. The Labute approximate surface area is 258 Å². The molecule has 0 spiro atoms. The van der Waals surface area contributed by atoms with Crippen molar-refractivity contribution >= 4 is 38.6 Å². The standard InChI is InChI=1S/C32H41N3O8S/c1-21(2)17-27(28(31(37)35-39)19-23-9-12-24-7-4-5-8-25(24)18-23)30(36)34-29(32(38)33-3)20-22-10-13-26(14-11-22)43-15-6-16-44(40,41)42/h4-5,7-14,18,21,27-29,39H,6,15-17,19-20H2,1-3H3,(H,33,38)(H,34,36)(H,35,37)(H,40,41,42). The molecule has 0 saturated heterocycles. The van der Waals surface area contributed by atoms with E-state index in [1.165, 1.54) is 7.05 Å². The molecule has 0 bridgehead atoms. The predicted molar refractivity (Wildman–Crippen MR) is 167 cm³/mol. The highest BCUT2D eigenvalue weighted by molar-refractivity contribution is 7.85. The number of rotatable bonds is 16. The fourth-order valence-corrected chi connectivity index (χ4v) is 5.62. The third kappa shape index (κ3) is 10.6. The van der Waals surface area contributed by atoms with Gasteiger partial charge in [-0.05, 0) is 59.2 Å². The highest BCUT2D eigenvalue weighted by atomic mass is 32.2. The first kappa shape index (κ1) is 34.5. The lowest BCUT2D eigenvalue weighted by Crippen LogP contribution is -2.51. The van der Waals surface area contributed by atoms with Crippen LogP contribution in [0.1, 0.15) is 37.8 Å². The van der Waals surface area contributed by atoms with Crippen LogP contribution in [0.4, 0.5) is 0 Å². The summed E-state index contributed by atoms with van der Waals surface area (Å²) in [5.74, 6) is -3.18. The molecule has 5 N–H and O–H groups in total. The van der Waals surface area contributed by atoms with E-state index in [0.29, 0.717) is 12.2 Å². The number of amides is 3. The highest BCUT2D eigenvalue weighted by Crippen LogP contribution is 2.27. The Balaban J connectivity index is 1.77. The van der Waals surface area contributed by atoms with Crippen LogP contribution < -0.4 is 20.9 Å². The lowest BCUT2D eigenvalue weighted by Gasteiger charge is -2.28. The molecular formula is C32H41N3O8S. The summed E-state index contributed by atoms with van der Waals surface area (Å²) in [5, 5.41) is 17.1. The normalized spacial score (nSPS) is 13.6. The predicted octanol–water partition coefficient (Wildman–Crippen LogP) is 3.30. The number of benzene rings is 3. The molecule has 0 fully saturated rings. The van der Waals surface area contributed by atoms with Crippen LogP contribution in [-0.4, -0.2) is 61.3 Å². The summed E-state index contributed by atoms with van der Waals surface area (Å²) in [6.07, 6.45) is 0.837. The van der Waals surface area contributed by atoms with Gasteiger partial charge in [-0.25, -0.2) is 5.48 Å². The van der Waals surface area contributed by atoms with Gasteiger partial charge in [-0.3, -0.25) is 24.1 Å². The molecule has 0 aliphatic rings. The largest absolute Gasteiger partial charge is 0.494 e. The van der Waals surface area contributed by atoms with Gasteiger partial charge < -0.3 is 15.4 Å². The van der Waals surface area contributed by atoms with E-state index in [-0.39, 0.29) is 31.8 Å². The van der Waals surface area contributed by atoms with Crippen molar-refractivity contribution in [3.63, 3.8) is 0 Å². The second kappa shape index (κ2) is 16.2. The molecule has 3 amide bonds. The van der Waals surface area contributed by atoms with Crippen molar-refractivity contribution in [1.29, 1.82) is 0 Å². The van der Waals surface area contributed by atoms with Crippen LogP contribution in [0.2, 0.25) is 0 Å². The maximum Gasteiger partial charge on any atom is 0.264 e. The molecule has 12 heteroatoms. The van der Waals surface area contributed by atoms with Gasteiger partial charge in [0.15, 0.2) is 0 Å². The fraction of sp³-hybridized carbons (Fsp3) is 0.406. The number of fused-ring (bicyclic) bond motifs is 1. The molecule has 238 valence electrons. The number of carbonyl (C=O) groups excluding carboxylic acids is 3. The smallest absolute Gasteiger partial charge is 0.264 e. The zero-order valence-electron chi connectivity index (χ0n) is 25.2. The molecule has 3 rings (SSSR count). The van der Waals surface area contributed by atoms with Crippen LogP contribution >= 0.6 is 0 Å². The van der Waals surface area contributed by atoms with Gasteiger partial charge in [0.2, 0.25) is 17.7 Å². The van der Waals surface area contributed by atoms with Crippen molar-refractivity contribution in [3.8, 4) is 5.75 Å². The van der Waals surface area contributed by atoms with E-state index in [0.717, 1.165) is 21.9 Å². The van der Waals surface area contributed by atoms with Crippen LogP contribution in [0.5, 0.6) is 5.75 Å². The third-order valence-electron chi connectivity index (χ3n) is 7.32. The van der Waals surface area contributed by atoms with Gasteiger partial charge in [0.25, 0.3) is 10.1 Å². The summed E-state index contributed by atoms with van der Waals surface area (Å²) in [7, 11) is -2.58. The summed E-state index contributed by atoms with van der Waals surface area (Å²) in [6.45, 7) is 3.97. The summed E-state index contributed by atoms with van der Waals surface area (Å²) < 4.78 is 36.1. The second-order valence-corrected chi connectivity index (χ2v) is 12.8. The molecule has 3 aromatic carbocycles. The zero-order valence-corrected chi connectivity index (χ0v) is 26.0. The maximum absolute atomic E-state index is 13.8. The van der Waals surface area contributed by atoms with E-state index in [2.05, 4.69) is 10.6 Å². The van der Waals surface area contributed by atoms with E-state index in [9.17, 15) is 28.0 Å². The molecule has 0 aliphatic carbocycles. The van der Waals surface area contributed by atoms with Crippen molar-refractivity contribution in [3.05, 3.63) is 77.9 Å². The number of ether oxygens (including phenoxy) is 1. The first-order valence-corrected chi connectivity index (χ1v) is 16.1. The lowest BCUT2D eigenvalue weighted by atomic mass is 9.80. The average molecular weight is 628 g/mol. The Morgan fingerprint density at radius 3 is 2.11 bits per heavy atom. The molecule has 0 aliphatic heterocycles. The molecule has 44 heavy (non-hydrogen) atoms. The minimum atomic E-state index is -4.06. The SMILES string of the molecule is CNC(=O)C(Cc1ccc(OCCCS(=O)(=O)O)cc1)NC(=O)C(CC(C)C)C(Cc1ccc2ccccc2c1)C(=O)NO. The topological polar surface area (TPSA) is 171 Å². The molecule has 3 unspecified atom stereocenters. The number of hydrogen-bond donors (Lipinski definition) is 5. The molecular weight excluding hydrogens is 586 g/mol. The molecule has 11 nitrogen and oxygen atoms in total. The van der Waals surface area contributed by atoms with Crippen molar-refractivity contribution < 1.29 is 37.3 Å². The molecule has 3 aromatic rings. The lowest BCUT2D eigenvalue weighted by molar-refractivity contribution is -0.141. The van der Waals surface area contributed by atoms with Crippen LogP contribution in [0.3, 0.4) is 0 Å². The van der Waals surface area contributed by atoms with E-state index in [1.54, 1.807) is 29.7 Å². The number of hydrogen-bond acceptors (Lipinski definition) is 7. The average Bonchev–Trinajstić information content (AvgIpc) is 2.99. The molecule has 3 atom stereocenters. The summed E-state index contributed by atoms with van der Waals surface area (Å²) in [6, 6.07) is 19.5. The van der Waals surface area contributed by atoms with Gasteiger partial charge in [-0.2, -0.15) is 8.42 Å². The second-order valence-electron chi connectivity index (χ2n) is 11.2. The van der Waals surface area contributed by atoms with Gasteiger partial charge in [-0.15, -0.1) is 0 Å². The van der Waals surface area contributed by atoms with E-state index >= 15 is 0 Å². The van der Waals surface area contributed by atoms with Gasteiger partial charge >= 0.3 is 0 Å². The minimum Gasteiger partial charge on any atom is -0.494 e. The Kier molecular flexibility index (Phi) is 12.7. The van der Waals surface area contributed by atoms with E-state index in [4.69, 9.17) is 9.29 Å². The van der Waals surface area contributed by atoms with Crippen molar-refractivity contribution in [1.82, 2.24) is 16.1 Å². The minimum absolute atomic E-state index is 0.0415. The Morgan fingerprint density at radius 1 is 0.841 bits per heavy atom. The van der Waals surface area contributed by atoms with Gasteiger partial charge in [-0.1, -0.05) is 68.4 Å². The number of carbonyl (C=O) groups is 3. The summed E-state index contributed by atoms with van der Waals surface area (Å²) in [4.78, 5) is 39.6. The Hall–Kier alpha value is -4.00. The monoisotopic (exact) mass is 627 g/mol. The van der Waals surface area contributed by atoms with Gasteiger partial charge in [0.1, 0.15) is 11.8 Å².